The molecule has 0 aliphatic rings. The van der Waals surface area contributed by atoms with Gasteiger partial charge in [-0.1, -0.05) is 0 Å². The second-order valence-electron chi connectivity index (χ2n) is 4.17. The molecule has 6 heteroatoms. The molecule has 0 saturated heterocycles. The first kappa shape index (κ1) is 12.2. The van der Waals surface area contributed by atoms with Crippen LogP contribution in [0.2, 0.25) is 0 Å². The van der Waals surface area contributed by atoms with Gasteiger partial charge in [-0.25, -0.2) is 4.39 Å². The van der Waals surface area contributed by atoms with Gasteiger partial charge in [-0.2, -0.15) is 15.0 Å². The van der Waals surface area contributed by atoms with E-state index in [0.29, 0.717) is 11.8 Å². The zero-order valence-corrected chi connectivity index (χ0v) is 10.5. The summed E-state index contributed by atoms with van der Waals surface area (Å²) in [5.74, 6) is 0.781. The molecule has 0 bridgehead atoms. The maximum Gasteiger partial charge on any atom is 0.230 e. The molecule has 0 amide bonds. The molecule has 0 saturated carbocycles. The summed E-state index contributed by atoms with van der Waals surface area (Å²) in [4.78, 5) is 14.1. The summed E-state index contributed by atoms with van der Waals surface area (Å²) >= 11 is 0. The number of nitrogens with zero attached hydrogens (tertiary/aromatic N) is 4. The van der Waals surface area contributed by atoms with E-state index in [9.17, 15) is 4.39 Å². The summed E-state index contributed by atoms with van der Waals surface area (Å²) in [6.07, 6.45) is 0. The number of hydrogen-bond acceptors (Lipinski definition) is 5. The molecular formula is C12H14FN5. The third-order valence-electron chi connectivity index (χ3n) is 2.47. The van der Waals surface area contributed by atoms with E-state index in [1.165, 1.54) is 12.1 Å². The number of aromatic nitrogens is 3. The minimum absolute atomic E-state index is 0.146. The number of nitrogens with two attached hydrogens (primary N) is 1. The van der Waals surface area contributed by atoms with Crippen LogP contribution in [0.3, 0.4) is 0 Å². The van der Waals surface area contributed by atoms with Crippen molar-refractivity contribution in [2.45, 2.75) is 6.92 Å². The molecular weight excluding hydrogens is 233 g/mol. The summed E-state index contributed by atoms with van der Waals surface area (Å²) in [7, 11) is 3.63. The molecule has 0 aliphatic carbocycles. The highest BCUT2D eigenvalue weighted by Crippen LogP contribution is 2.22. The van der Waals surface area contributed by atoms with Gasteiger partial charge in [0.25, 0.3) is 0 Å². The van der Waals surface area contributed by atoms with Crippen LogP contribution in [0.4, 0.5) is 16.3 Å². The number of rotatable bonds is 2. The van der Waals surface area contributed by atoms with Crippen LogP contribution in [0.25, 0.3) is 11.4 Å². The lowest BCUT2D eigenvalue weighted by molar-refractivity contribution is 0.627. The van der Waals surface area contributed by atoms with Crippen LogP contribution in [0.15, 0.2) is 18.2 Å². The van der Waals surface area contributed by atoms with Crippen molar-refractivity contribution in [1.82, 2.24) is 15.0 Å². The Morgan fingerprint density at radius 3 is 2.50 bits per heavy atom. The van der Waals surface area contributed by atoms with Gasteiger partial charge in [0.2, 0.25) is 11.9 Å². The van der Waals surface area contributed by atoms with Crippen LogP contribution in [0, 0.1) is 12.7 Å². The lowest BCUT2D eigenvalue weighted by Gasteiger charge is -2.12. The average Bonchev–Trinajstić information content (AvgIpc) is 2.27. The van der Waals surface area contributed by atoms with Gasteiger partial charge in [-0.05, 0) is 30.7 Å². The molecule has 0 fully saturated rings. The Morgan fingerprint density at radius 2 is 1.89 bits per heavy atom. The van der Waals surface area contributed by atoms with E-state index < -0.39 is 0 Å². The number of halogens is 1. The van der Waals surface area contributed by atoms with Crippen molar-refractivity contribution in [1.29, 1.82) is 0 Å². The maximum atomic E-state index is 13.1. The summed E-state index contributed by atoms with van der Waals surface area (Å²) in [5, 5.41) is 0. The Bertz CT molecular complexity index is 583. The van der Waals surface area contributed by atoms with Crippen molar-refractivity contribution in [2.75, 3.05) is 24.7 Å². The van der Waals surface area contributed by atoms with E-state index in [0.717, 1.165) is 11.1 Å². The van der Waals surface area contributed by atoms with Crippen LogP contribution >= 0.6 is 0 Å². The highest BCUT2D eigenvalue weighted by molar-refractivity contribution is 5.61. The van der Waals surface area contributed by atoms with Crippen LogP contribution in [0.5, 0.6) is 0 Å². The Hall–Kier alpha value is -2.24. The molecule has 5 nitrogen and oxygen atoms in total. The lowest BCUT2D eigenvalue weighted by atomic mass is 10.1. The van der Waals surface area contributed by atoms with Crippen LogP contribution in [-0.2, 0) is 0 Å². The van der Waals surface area contributed by atoms with E-state index in [1.54, 1.807) is 17.9 Å². The fraction of sp³-hybridized carbons (Fsp3) is 0.250. The third kappa shape index (κ3) is 2.37. The SMILES string of the molecule is Cc1cc(F)ccc1-c1nc(N)nc(N(C)C)n1. The van der Waals surface area contributed by atoms with E-state index in [4.69, 9.17) is 5.73 Å². The van der Waals surface area contributed by atoms with Crippen molar-refractivity contribution in [3.8, 4) is 11.4 Å². The monoisotopic (exact) mass is 247 g/mol. The number of aryl methyl sites for hydroxylation is 1. The van der Waals surface area contributed by atoms with Crippen molar-refractivity contribution < 1.29 is 4.39 Å². The molecule has 2 N–H and O–H groups in total. The van der Waals surface area contributed by atoms with E-state index in [1.807, 2.05) is 14.1 Å². The van der Waals surface area contributed by atoms with E-state index in [2.05, 4.69) is 15.0 Å². The fourth-order valence-electron chi connectivity index (χ4n) is 1.58. The molecule has 1 heterocycles. The third-order valence-corrected chi connectivity index (χ3v) is 2.47. The summed E-state index contributed by atoms with van der Waals surface area (Å²) in [6.45, 7) is 1.80. The van der Waals surface area contributed by atoms with Gasteiger partial charge in [0.05, 0.1) is 0 Å². The highest BCUT2D eigenvalue weighted by Gasteiger charge is 2.10. The zero-order chi connectivity index (χ0) is 13.3. The molecule has 0 aliphatic heterocycles. The molecule has 18 heavy (non-hydrogen) atoms. The standard InChI is InChI=1S/C12H14FN5/c1-7-6-8(13)4-5-9(7)10-15-11(14)17-12(16-10)18(2)3/h4-6H,1-3H3,(H2,14,15,16,17). The summed E-state index contributed by atoms with van der Waals surface area (Å²) < 4.78 is 13.1. The van der Waals surface area contributed by atoms with Gasteiger partial charge in [-0.15, -0.1) is 0 Å². The minimum Gasteiger partial charge on any atom is -0.368 e. The van der Waals surface area contributed by atoms with Gasteiger partial charge < -0.3 is 10.6 Å². The Kier molecular flexibility index (Phi) is 3.10. The van der Waals surface area contributed by atoms with Crippen LogP contribution in [0.1, 0.15) is 5.56 Å². The first-order valence-corrected chi connectivity index (χ1v) is 5.43. The fourth-order valence-corrected chi connectivity index (χ4v) is 1.58. The second kappa shape index (κ2) is 4.56. The molecule has 2 aromatic rings. The Morgan fingerprint density at radius 1 is 1.17 bits per heavy atom. The van der Waals surface area contributed by atoms with E-state index >= 15 is 0 Å². The zero-order valence-electron chi connectivity index (χ0n) is 10.5. The number of hydrogen-bond donors (Lipinski definition) is 1. The minimum atomic E-state index is -0.286. The molecule has 1 aromatic carbocycles. The quantitative estimate of drug-likeness (QED) is 0.873. The molecule has 1 aromatic heterocycles. The van der Waals surface area contributed by atoms with Crippen molar-refractivity contribution in [3.05, 3.63) is 29.6 Å². The van der Waals surface area contributed by atoms with Gasteiger partial charge in [0.1, 0.15) is 5.82 Å². The van der Waals surface area contributed by atoms with Crippen molar-refractivity contribution in [2.24, 2.45) is 0 Å². The Balaban J connectivity index is 2.56. The number of anilines is 2. The van der Waals surface area contributed by atoms with Gasteiger partial charge >= 0.3 is 0 Å². The first-order chi connectivity index (χ1) is 8.47. The normalized spacial score (nSPS) is 10.4. The van der Waals surface area contributed by atoms with Gasteiger partial charge in [-0.3, -0.25) is 0 Å². The largest absolute Gasteiger partial charge is 0.368 e. The smallest absolute Gasteiger partial charge is 0.230 e. The second-order valence-corrected chi connectivity index (χ2v) is 4.17. The maximum absolute atomic E-state index is 13.1. The highest BCUT2D eigenvalue weighted by atomic mass is 19.1. The van der Waals surface area contributed by atoms with Crippen molar-refractivity contribution >= 4 is 11.9 Å². The molecule has 94 valence electrons. The summed E-state index contributed by atoms with van der Waals surface area (Å²) in [5.41, 5.74) is 7.15. The van der Waals surface area contributed by atoms with Gasteiger partial charge in [0, 0.05) is 19.7 Å². The molecule has 2 rings (SSSR count). The van der Waals surface area contributed by atoms with Crippen LogP contribution in [-0.4, -0.2) is 29.0 Å². The predicted molar refractivity (Wildman–Crippen MR) is 68.7 cm³/mol. The number of nitrogen functional groups attached to an aromatic ring is 1. The predicted octanol–water partition coefficient (Wildman–Crippen LogP) is 1.63. The Labute approximate surface area is 105 Å². The lowest BCUT2D eigenvalue weighted by Crippen LogP contribution is -2.15. The van der Waals surface area contributed by atoms with Gasteiger partial charge in [0.15, 0.2) is 5.82 Å². The average molecular weight is 247 g/mol. The molecule has 0 atom stereocenters. The van der Waals surface area contributed by atoms with E-state index in [-0.39, 0.29) is 11.8 Å². The molecule has 0 unspecified atom stereocenters. The topological polar surface area (TPSA) is 67.9 Å². The van der Waals surface area contributed by atoms with Crippen LogP contribution < -0.4 is 10.6 Å². The molecule has 0 radical (unpaired) electrons. The van der Waals surface area contributed by atoms with Crippen molar-refractivity contribution in [3.63, 3.8) is 0 Å². The summed E-state index contributed by atoms with van der Waals surface area (Å²) in [6, 6.07) is 4.45. The molecule has 0 spiro atoms. The first-order valence-electron chi connectivity index (χ1n) is 5.43. The number of benzene rings is 1.